The van der Waals surface area contributed by atoms with Gasteiger partial charge in [0.15, 0.2) is 0 Å². The standard InChI is InChI=1S/C19H25N5OS/c1-13-6-7-14(2)24(13)19-16(10-21-23(19)5)18(25)20-11-17(22(3)4)15-8-9-26-12-15/h6-10,12,17H,11H2,1-5H3,(H,20,25)/t17-/m1/s1. The maximum absolute atomic E-state index is 12.9. The van der Waals surface area contributed by atoms with Crippen LogP contribution >= 0.6 is 11.3 Å². The van der Waals surface area contributed by atoms with Crippen molar-refractivity contribution in [1.29, 1.82) is 0 Å². The second kappa shape index (κ2) is 7.47. The van der Waals surface area contributed by atoms with Gasteiger partial charge in [-0.25, -0.2) is 0 Å². The second-order valence-electron chi connectivity index (χ2n) is 6.70. The number of hydrogen-bond acceptors (Lipinski definition) is 4. The summed E-state index contributed by atoms with van der Waals surface area (Å²) in [5.41, 5.74) is 3.94. The van der Waals surface area contributed by atoms with Crippen LogP contribution in [0.15, 0.2) is 35.2 Å². The summed E-state index contributed by atoms with van der Waals surface area (Å²) in [6.45, 7) is 4.60. The van der Waals surface area contributed by atoms with Crippen LogP contribution in [0.1, 0.15) is 33.4 Å². The maximum atomic E-state index is 12.9. The zero-order chi connectivity index (χ0) is 18.8. The highest BCUT2D eigenvalue weighted by atomic mass is 32.1. The molecule has 0 unspecified atom stereocenters. The molecule has 0 saturated heterocycles. The number of amides is 1. The number of carbonyl (C=O) groups is 1. The van der Waals surface area contributed by atoms with E-state index in [0.29, 0.717) is 12.1 Å². The van der Waals surface area contributed by atoms with Gasteiger partial charge < -0.3 is 14.8 Å². The normalized spacial score (nSPS) is 12.5. The van der Waals surface area contributed by atoms with Gasteiger partial charge in [0.25, 0.3) is 5.91 Å². The van der Waals surface area contributed by atoms with Gasteiger partial charge in [-0.15, -0.1) is 0 Å². The molecule has 0 fully saturated rings. The third kappa shape index (κ3) is 3.45. The highest BCUT2D eigenvalue weighted by Gasteiger charge is 2.22. The van der Waals surface area contributed by atoms with Gasteiger partial charge in [-0.3, -0.25) is 9.48 Å². The number of hydrogen-bond donors (Lipinski definition) is 1. The molecule has 7 heteroatoms. The third-order valence-corrected chi connectivity index (χ3v) is 5.34. The van der Waals surface area contributed by atoms with Crippen LogP contribution in [0, 0.1) is 13.8 Å². The Morgan fingerprint density at radius 2 is 1.96 bits per heavy atom. The van der Waals surface area contributed by atoms with Crippen molar-refractivity contribution in [3.8, 4) is 5.82 Å². The van der Waals surface area contributed by atoms with Crippen molar-refractivity contribution >= 4 is 17.2 Å². The van der Waals surface area contributed by atoms with E-state index in [9.17, 15) is 4.79 Å². The molecule has 0 aliphatic rings. The van der Waals surface area contributed by atoms with E-state index in [-0.39, 0.29) is 11.9 Å². The molecule has 3 aromatic rings. The molecule has 3 rings (SSSR count). The summed E-state index contributed by atoms with van der Waals surface area (Å²) in [6.07, 6.45) is 1.64. The average molecular weight is 372 g/mol. The lowest BCUT2D eigenvalue weighted by Crippen LogP contribution is -2.34. The summed E-state index contributed by atoms with van der Waals surface area (Å²) in [7, 11) is 5.91. The molecule has 1 atom stereocenters. The van der Waals surface area contributed by atoms with Gasteiger partial charge in [0.1, 0.15) is 11.4 Å². The van der Waals surface area contributed by atoms with Crippen molar-refractivity contribution in [1.82, 2.24) is 24.6 Å². The van der Waals surface area contributed by atoms with Crippen molar-refractivity contribution in [2.45, 2.75) is 19.9 Å². The summed E-state index contributed by atoms with van der Waals surface area (Å²) in [6, 6.07) is 6.33. The third-order valence-electron chi connectivity index (χ3n) is 4.64. The SMILES string of the molecule is Cc1ccc(C)n1-c1c(C(=O)NC[C@H](c2ccsc2)N(C)C)cnn1C. The first-order valence-corrected chi connectivity index (χ1v) is 9.48. The van der Waals surface area contributed by atoms with Crippen LogP contribution in [0.25, 0.3) is 5.82 Å². The van der Waals surface area contributed by atoms with Gasteiger partial charge in [0.2, 0.25) is 0 Å². The molecular weight excluding hydrogens is 346 g/mol. The van der Waals surface area contributed by atoms with Crippen LogP contribution in [0.2, 0.25) is 0 Å². The Kier molecular flexibility index (Phi) is 5.29. The number of aromatic nitrogens is 3. The molecule has 3 heterocycles. The van der Waals surface area contributed by atoms with E-state index in [1.807, 2.05) is 47.1 Å². The lowest BCUT2D eigenvalue weighted by Gasteiger charge is -2.24. The van der Waals surface area contributed by atoms with E-state index < -0.39 is 0 Å². The first-order chi connectivity index (χ1) is 12.4. The van der Waals surface area contributed by atoms with Gasteiger partial charge in [-0.05, 0) is 62.5 Å². The quantitative estimate of drug-likeness (QED) is 0.725. The molecule has 1 N–H and O–H groups in total. The Labute approximate surface area is 158 Å². The van der Waals surface area contributed by atoms with E-state index in [4.69, 9.17) is 0 Å². The number of carbonyl (C=O) groups excluding carboxylic acids is 1. The fourth-order valence-electron chi connectivity index (χ4n) is 3.21. The van der Waals surface area contributed by atoms with Crippen LogP contribution in [0.4, 0.5) is 0 Å². The second-order valence-corrected chi connectivity index (χ2v) is 7.48. The molecule has 0 aliphatic carbocycles. The maximum Gasteiger partial charge on any atom is 0.256 e. The van der Waals surface area contributed by atoms with E-state index in [1.165, 1.54) is 5.56 Å². The van der Waals surface area contributed by atoms with E-state index >= 15 is 0 Å². The molecule has 26 heavy (non-hydrogen) atoms. The van der Waals surface area contributed by atoms with Gasteiger partial charge in [-0.1, -0.05) is 0 Å². The minimum absolute atomic E-state index is 0.109. The number of nitrogens with one attached hydrogen (secondary N) is 1. The number of nitrogens with zero attached hydrogens (tertiary/aromatic N) is 4. The van der Waals surface area contributed by atoms with Crippen molar-refractivity contribution in [3.05, 3.63) is 57.7 Å². The minimum atomic E-state index is -0.109. The van der Waals surface area contributed by atoms with Gasteiger partial charge in [0, 0.05) is 25.0 Å². The average Bonchev–Trinajstić information content (AvgIpc) is 3.30. The van der Waals surface area contributed by atoms with Gasteiger partial charge in [-0.2, -0.15) is 16.4 Å². The fourth-order valence-corrected chi connectivity index (χ4v) is 3.91. The van der Waals surface area contributed by atoms with Crippen LogP contribution < -0.4 is 5.32 Å². The number of aryl methyl sites for hydroxylation is 3. The minimum Gasteiger partial charge on any atom is -0.350 e. The molecular formula is C19H25N5OS. The summed E-state index contributed by atoms with van der Waals surface area (Å²) < 4.78 is 3.81. The molecule has 1 amide bonds. The molecule has 0 saturated carbocycles. The van der Waals surface area contributed by atoms with Crippen molar-refractivity contribution in [2.75, 3.05) is 20.6 Å². The highest BCUT2D eigenvalue weighted by Crippen LogP contribution is 2.22. The van der Waals surface area contributed by atoms with E-state index in [2.05, 4.69) is 36.7 Å². The summed E-state index contributed by atoms with van der Waals surface area (Å²) >= 11 is 1.67. The fraction of sp³-hybridized carbons (Fsp3) is 0.368. The zero-order valence-corrected chi connectivity index (χ0v) is 16.7. The molecule has 0 bridgehead atoms. The Balaban J connectivity index is 1.83. The lowest BCUT2D eigenvalue weighted by molar-refractivity contribution is 0.0942. The summed E-state index contributed by atoms with van der Waals surface area (Å²) in [4.78, 5) is 15.0. The molecule has 0 spiro atoms. The zero-order valence-electron chi connectivity index (χ0n) is 15.9. The smallest absolute Gasteiger partial charge is 0.256 e. The predicted molar refractivity (Wildman–Crippen MR) is 105 cm³/mol. The molecule has 3 aromatic heterocycles. The van der Waals surface area contributed by atoms with Gasteiger partial charge in [0.05, 0.1) is 12.2 Å². The Morgan fingerprint density at radius 1 is 1.27 bits per heavy atom. The predicted octanol–water partition coefficient (Wildman–Crippen LogP) is 2.92. The number of thiophene rings is 1. The van der Waals surface area contributed by atoms with Crippen LogP contribution in [-0.4, -0.2) is 45.8 Å². The summed E-state index contributed by atoms with van der Waals surface area (Å²) in [5, 5.41) is 11.6. The number of likely N-dealkylation sites (N-methyl/N-ethyl adjacent to an activating group) is 1. The van der Waals surface area contributed by atoms with E-state index in [1.54, 1.807) is 22.2 Å². The van der Waals surface area contributed by atoms with Gasteiger partial charge >= 0.3 is 0 Å². The lowest BCUT2D eigenvalue weighted by atomic mass is 10.1. The first kappa shape index (κ1) is 18.4. The Hall–Kier alpha value is -2.38. The summed E-state index contributed by atoms with van der Waals surface area (Å²) in [5.74, 6) is 0.683. The van der Waals surface area contributed by atoms with Crippen molar-refractivity contribution in [2.24, 2.45) is 7.05 Å². The molecule has 0 aliphatic heterocycles. The topological polar surface area (TPSA) is 55.1 Å². The number of rotatable bonds is 6. The molecule has 138 valence electrons. The largest absolute Gasteiger partial charge is 0.350 e. The molecule has 0 radical (unpaired) electrons. The van der Waals surface area contributed by atoms with Crippen molar-refractivity contribution < 1.29 is 4.79 Å². The Bertz CT molecular complexity index is 872. The monoisotopic (exact) mass is 371 g/mol. The van der Waals surface area contributed by atoms with Crippen molar-refractivity contribution in [3.63, 3.8) is 0 Å². The molecule has 6 nitrogen and oxygen atoms in total. The van der Waals surface area contributed by atoms with Crippen LogP contribution in [0.3, 0.4) is 0 Å². The molecule has 0 aromatic carbocycles. The Morgan fingerprint density at radius 3 is 2.54 bits per heavy atom. The van der Waals surface area contributed by atoms with E-state index in [0.717, 1.165) is 17.2 Å². The first-order valence-electron chi connectivity index (χ1n) is 8.54. The van der Waals surface area contributed by atoms with Crippen LogP contribution in [0.5, 0.6) is 0 Å². The highest BCUT2D eigenvalue weighted by molar-refractivity contribution is 7.07. The van der Waals surface area contributed by atoms with Crippen LogP contribution in [-0.2, 0) is 7.05 Å².